The van der Waals surface area contributed by atoms with Crippen LogP contribution in [0, 0.1) is 16.7 Å². The number of nitriles is 1. The number of nitrogens with one attached hydrogen (secondary N) is 2. The Labute approximate surface area is 96.4 Å². The molecule has 0 spiro atoms. The second kappa shape index (κ2) is 4.29. The maximum Gasteiger partial charge on any atom is 0.173 e. The van der Waals surface area contributed by atoms with E-state index < -0.39 is 10.9 Å². The molecule has 1 aromatic rings. The summed E-state index contributed by atoms with van der Waals surface area (Å²) in [6, 6.07) is 11.6. The molecule has 2 rings (SSSR count). The number of benzene rings is 1. The molecule has 1 unspecified atom stereocenters. The highest BCUT2D eigenvalue weighted by Crippen LogP contribution is 2.20. The van der Waals surface area contributed by atoms with E-state index in [2.05, 4.69) is 9.08 Å². The Morgan fingerprint density at radius 3 is 2.69 bits per heavy atom. The van der Waals surface area contributed by atoms with Gasteiger partial charge in [-0.1, -0.05) is 30.3 Å². The monoisotopic (exact) mass is 230 g/mol. The number of nitrogens with zero attached hydrogens (tertiary/aromatic N) is 2. The van der Waals surface area contributed by atoms with Gasteiger partial charge in [0, 0.05) is 6.26 Å². The van der Waals surface area contributed by atoms with Crippen LogP contribution in [0.4, 0.5) is 0 Å². The summed E-state index contributed by atoms with van der Waals surface area (Å²) in [5, 5.41) is 16.7. The smallest absolute Gasteiger partial charge is 0.173 e. The van der Waals surface area contributed by atoms with Crippen LogP contribution in [0.15, 0.2) is 40.3 Å². The van der Waals surface area contributed by atoms with E-state index in [4.69, 9.17) is 10.7 Å². The lowest BCUT2D eigenvalue weighted by molar-refractivity contribution is 1.31. The minimum absolute atomic E-state index is 0.0611. The molecule has 0 bridgehead atoms. The molecule has 1 heterocycles. The van der Waals surface area contributed by atoms with E-state index in [0.29, 0.717) is 11.3 Å². The van der Waals surface area contributed by atoms with E-state index >= 15 is 0 Å². The third kappa shape index (κ3) is 1.88. The van der Waals surface area contributed by atoms with Gasteiger partial charge in [-0.15, -0.1) is 0 Å². The Hall–Kier alpha value is -1.93. The largest absolute Gasteiger partial charge is 0.320 e. The minimum atomic E-state index is -0.432. The second-order valence-corrected chi connectivity index (χ2v) is 4.59. The molecule has 1 aliphatic rings. The van der Waals surface area contributed by atoms with Crippen molar-refractivity contribution in [1.82, 2.24) is 4.72 Å². The summed E-state index contributed by atoms with van der Waals surface area (Å²) < 4.78 is 7.17. The van der Waals surface area contributed by atoms with E-state index in [9.17, 15) is 0 Å². The molecule has 0 fully saturated rings. The van der Waals surface area contributed by atoms with E-state index in [1.165, 1.54) is 0 Å². The van der Waals surface area contributed by atoms with Crippen molar-refractivity contribution in [2.45, 2.75) is 0 Å². The summed E-state index contributed by atoms with van der Waals surface area (Å²) in [6.45, 7) is 0. The predicted octanol–water partition coefficient (Wildman–Crippen LogP) is 1.85. The fraction of sp³-hybridized carbons (Fsp3) is 0.0909. The number of hydrogen-bond acceptors (Lipinski definition) is 3. The summed E-state index contributed by atoms with van der Waals surface area (Å²) in [7, 11) is -0.432. The van der Waals surface area contributed by atoms with Crippen molar-refractivity contribution >= 4 is 22.4 Å². The third-order valence-electron chi connectivity index (χ3n) is 2.14. The van der Waals surface area contributed by atoms with Crippen molar-refractivity contribution in [3.8, 4) is 6.07 Å². The minimum Gasteiger partial charge on any atom is -0.320 e. The summed E-state index contributed by atoms with van der Waals surface area (Å²) in [5.74, 6) is 0.0611. The van der Waals surface area contributed by atoms with E-state index in [0.717, 1.165) is 5.56 Å². The van der Waals surface area contributed by atoms with Gasteiger partial charge in [0.1, 0.15) is 11.6 Å². The summed E-state index contributed by atoms with van der Waals surface area (Å²) in [4.78, 5) is 0. The molecule has 0 radical (unpaired) electrons. The molecular formula is C11H10N4S. The van der Waals surface area contributed by atoms with Gasteiger partial charge in [0.15, 0.2) is 5.84 Å². The lowest BCUT2D eigenvalue weighted by Crippen LogP contribution is -2.23. The van der Waals surface area contributed by atoms with Crippen LogP contribution in [0.5, 0.6) is 0 Å². The van der Waals surface area contributed by atoms with Crippen molar-refractivity contribution < 1.29 is 0 Å². The number of hydrogen-bond donors (Lipinski definition) is 2. The average Bonchev–Trinajstić information content (AvgIpc) is 2.29. The molecule has 0 amide bonds. The highest BCUT2D eigenvalue weighted by molar-refractivity contribution is 7.85. The molecule has 16 heavy (non-hydrogen) atoms. The molecule has 5 heteroatoms. The van der Waals surface area contributed by atoms with Gasteiger partial charge >= 0.3 is 0 Å². The third-order valence-corrected chi connectivity index (χ3v) is 3.10. The Bertz CT molecular complexity index is 537. The van der Waals surface area contributed by atoms with E-state index in [1.54, 1.807) is 0 Å². The van der Waals surface area contributed by atoms with Crippen LogP contribution in [0.3, 0.4) is 0 Å². The van der Waals surface area contributed by atoms with Crippen molar-refractivity contribution in [1.29, 1.82) is 10.7 Å². The summed E-state index contributed by atoms with van der Waals surface area (Å²) in [6.07, 6.45) is 1.88. The van der Waals surface area contributed by atoms with Crippen LogP contribution >= 0.6 is 0 Å². The molecule has 80 valence electrons. The molecule has 0 saturated carbocycles. The van der Waals surface area contributed by atoms with Crippen LogP contribution < -0.4 is 4.72 Å². The molecule has 1 aliphatic heterocycles. The number of amidine groups is 1. The van der Waals surface area contributed by atoms with Crippen LogP contribution in [-0.2, 0) is 10.9 Å². The van der Waals surface area contributed by atoms with Gasteiger partial charge in [0.2, 0.25) is 0 Å². The van der Waals surface area contributed by atoms with Crippen molar-refractivity contribution in [2.24, 2.45) is 4.36 Å². The maximum absolute atomic E-state index is 9.03. The molecule has 2 N–H and O–H groups in total. The Morgan fingerprint density at radius 1 is 1.38 bits per heavy atom. The zero-order valence-electron chi connectivity index (χ0n) is 8.69. The first-order valence-electron chi connectivity index (χ1n) is 4.65. The van der Waals surface area contributed by atoms with Crippen molar-refractivity contribution in [3.05, 3.63) is 41.5 Å². The van der Waals surface area contributed by atoms with Gasteiger partial charge in [-0.2, -0.15) is 9.62 Å². The SMILES string of the molecule is CS1=NC(=N)C(C#N)=C(c2ccccc2)N1. The van der Waals surface area contributed by atoms with Gasteiger partial charge in [-0.05, 0) is 16.4 Å². The predicted molar refractivity (Wildman–Crippen MR) is 65.6 cm³/mol. The quantitative estimate of drug-likeness (QED) is 0.772. The normalized spacial score (nSPS) is 19.8. The standard InChI is InChI=1S/C11H10N4S/c1-16-14-10(8-5-3-2-4-6-8)9(7-12)11(13)15-16/h2-6H,1H3,(H2,13,14,15). The highest BCUT2D eigenvalue weighted by atomic mass is 32.2. The first kappa shape index (κ1) is 10.6. The van der Waals surface area contributed by atoms with Crippen LogP contribution in [0.25, 0.3) is 5.70 Å². The molecule has 4 nitrogen and oxygen atoms in total. The van der Waals surface area contributed by atoms with Gasteiger partial charge in [0.25, 0.3) is 0 Å². The van der Waals surface area contributed by atoms with Gasteiger partial charge in [-0.3, -0.25) is 5.41 Å². The molecule has 0 saturated heterocycles. The summed E-state index contributed by atoms with van der Waals surface area (Å²) >= 11 is 0. The average molecular weight is 230 g/mol. The highest BCUT2D eigenvalue weighted by Gasteiger charge is 2.18. The first-order chi connectivity index (χ1) is 7.72. The zero-order chi connectivity index (χ0) is 11.5. The lowest BCUT2D eigenvalue weighted by atomic mass is 10.1. The fourth-order valence-electron chi connectivity index (χ4n) is 1.44. The van der Waals surface area contributed by atoms with E-state index in [1.807, 2.05) is 42.7 Å². The molecule has 1 aromatic carbocycles. The van der Waals surface area contributed by atoms with Gasteiger partial charge in [-0.25, -0.2) is 0 Å². The molecule has 0 aliphatic carbocycles. The molecule has 1 atom stereocenters. The van der Waals surface area contributed by atoms with Crippen LogP contribution in [0.1, 0.15) is 5.56 Å². The first-order valence-corrected chi connectivity index (χ1v) is 6.24. The van der Waals surface area contributed by atoms with Crippen molar-refractivity contribution in [3.63, 3.8) is 0 Å². The van der Waals surface area contributed by atoms with Gasteiger partial charge < -0.3 is 4.72 Å². The Morgan fingerprint density at radius 2 is 2.06 bits per heavy atom. The second-order valence-electron chi connectivity index (χ2n) is 3.25. The molecule has 0 aromatic heterocycles. The maximum atomic E-state index is 9.03. The fourth-order valence-corrected chi connectivity index (χ4v) is 2.37. The Balaban J connectivity index is 2.54. The van der Waals surface area contributed by atoms with Crippen LogP contribution in [-0.4, -0.2) is 12.1 Å². The van der Waals surface area contributed by atoms with E-state index in [-0.39, 0.29) is 5.84 Å². The molecular weight excluding hydrogens is 220 g/mol. The Kier molecular flexibility index (Phi) is 2.84. The summed E-state index contributed by atoms with van der Waals surface area (Å²) in [5.41, 5.74) is 1.92. The lowest BCUT2D eigenvalue weighted by Gasteiger charge is -2.17. The van der Waals surface area contributed by atoms with Crippen molar-refractivity contribution in [2.75, 3.05) is 6.26 Å². The van der Waals surface area contributed by atoms with Gasteiger partial charge in [0.05, 0.1) is 5.70 Å². The topological polar surface area (TPSA) is 72.0 Å². The number of rotatable bonds is 1. The zero-order valence-corrected chi connectivity index (χ0v) is 9.51. The van der Waals surface area contributed by atoms with Crippen LogP contribution in [0.2, 0.25) is 0 Å².